The Morgan fingerprint density at radius 2 is 1.64 bits per heavy atom. The largest absolute Gasteiger partial charge is 0.357 e. The quantitative estimate of drug-likeness (QED) is 0.522. The number of aromatic nitrogens is 3. The summed E-state index contributed by atoms with van der Waals surface area (Å²) in [5, 5.41) is 10.0. The van der Waals surface area contributed by atoms with E-state index in [0.717, 1.165) is 28.1 Å². The molecule has 2 heterocycles. The van der Waals surface area contributed by atoms with Gasteiger partial charge in [-0.05, 0) is 23.8 Å². The lowest BCUT2D eigenvalue weighted by atomic mass is 10.0. The monoisotopic (exact) mass is 328 g/mol. The molecule has 0 aliphatic heterocycles. The van der Waals surface area contributed by atoms with Crippen molar-refractivity contribution >= 4 is 11.6 Å². The Labute approximate surface area is 144 Å². The van der Waals surface area contributed by atoms with Crippen molar-refractivity contribution in [3.63, 3.8) is 0 Å². The summed E-state index contributed by atoms with van der Waals surface area (Å²) in [5.74, 6) is -0.182. The van der Waals surface area contributed by atoms with Crippen LogP contribution in [0.5, 0.6) is 0 Å². The third-order valence-electron chi connectivity index (χ3n) is 3.97. The molecular formula is C20H16N4O. The second-order valence-corrected chi connectivity index (χ2v) is 5.65. The zero-order valence-corrected chi connectivity index (χ0v) is 13.4. The smallest absolute Gasteiger partial charge is 0.272 e. The lowest BCUT2D eigenvalue weighted by Gasteiger charge is -2.02. The minimum atomic E-state index is -0.182. The number of amides is 1. The highest BCUT2D eigenvalue weighted by atomic mass is 16.1. The lowest BCUT2D eigenvalue weighted by molar-refractivity contribution is 0.102. The number of H-pyrrole nitrogens is 2. The van der Waals surface area contributed by atoms with Crippen LogP contribution >= 0.6 is 0 Å². The maximum Gasteiger partial charge on any atom is 0.272 e. The van der Waals surface area contributed by atoms with E-state index in [4.69, 9.17) is 0 Å². The molecule has 0 fully saturated rings. The van der Waals surface area contributed by atoms with Gasteiger partial charge in [-0.3, -0.25) is 9.89 Å². The van der Waals surface area contributed by atoms with Gasteiger partial charge in [-0.1, -0.05) is 48.5 Å². The lowest BCUT2D eigenvalue weighted by Crippen LogP contribution is -2.11. The van der Waals surface area contributed by atoms with Crippen LogP contribution in [0.2, 0.25) is 0 Å². The SMILES string of the molecule is O=C(Nc1ccccc1)c1cc(-c2[nH]ncc2-c2ccccc2)c[nH]1. The first-order valence-electron chi connectivity index (χ1n) is 7.95. The zero-order chi connectivity index (χ0) is 17.1. The topological polar surface area (TPSA) is 73.6 Å². The van der Waals surface area contributed by atoms with E-state index in [1.807, 2.05) is 66.7 Å². The molecule has 0 bridgehead atoms. The summed E-state index contributed by atoms with van der Waals surface area (Å²) in [6.45, 7) is 0. The predicted molar refractivity (Wildman–Crippen MR) is 98.2 cm³/mol. The molecule has 2 aromatic carbocycles. The molecule has 122 valence electrons. The van der Waals surface area contributed by atoms with Gasteiger partial charge in [0.2, 0.25) is 0 Å². The third kappa shape index (κ3) is 3.07. The Bertz CT molecular complexity index is 987. The van der Waals surface area contributed by atoms with Gasteiger partial charge in [-0.2, -0.15) is 5.10 Å². The zero-order valence-electron chi connectivity index (χ0n) is 13.4. The summed E-state index contributed by atoms with van der Waals surface area (Å²) in [6.07, 6.45) is 3.60. The minimum absolute atomic E-state index is 0.182. The van der Waals surface area contributed by atoms with E-state index in [0.29, 0.717) is 5.69 Å². The van der Waals surface area contributed by atoms with Crippen molar-refractivity contribution in [1.29, 1.82) is 0 Å². The van der Waals surface area contributed by atoms with Crippen molar-refractivity contribution in [2.75, 3.05) is 5.32 Å². The number of carbonyl (C=O) groups excluding carboxylic acids is 1. The highest BCUT2D eigenvalue weighted by molar-refractivity contribution is 6.04. The van der Waals surface area contributed by atoms with Gasteiger partial charge < -0.3 is 10.3 Å². The van der Waals surface area contributed by atoms with Crippen molar-refractivity contribution in [1.82, 2.24) is 15.2 Å². The number of nitrogens with zero attached hydrogens (tertiary/aromatic N) is 1. The van der Waals surface area contributed by atoms with Crippen LogP contribution in [0.25, 0.3) is 22.4 Å². The number of rotatable bonds is 4. The third-order valence-corrected chi connectivity index (χ3v) is 3.97. The second kappa shape index (κ2) is 6.49. The number of hydrogen-bond donors (Lipinski definition) is 3. The van der Waals surface area contributed by atoms with Crippen molar-refractivity contribution < 1.29 is 4.79 Å². The first kappa shape index (κ1) is 15.0. The number of carbonyl (C=O) groups is 1. The van der Waals surface area contributed by atoms with Crippen molar-refractivity contribution in [2.45, 2.75) is 0 Å². The molecule has 0 spiro atoms. The molecular weight excluding hydrogens is 312 g/mol. The fraction of sp³-hybridized carbons (Fsp3) is 0. The van der Waals surface area contributed by atoms with Crippen LogP contribution < -0.4 is 5.32 Å². The normalized spacial score (nSPS) is 10.6. The molecule has 0 aliphatic rings. The summed E-state index contributed by atoms with van der Waals surface area (Å²) in [7, 11) is 0. The predicted octanol–water partition coefficient (Wildman–Crippen LogP) is 4.32. The summed E-state index contributed by atoms with van der Waals surface area (Å²) < 4.78 is 0. The van der Waals surface area contributed by atoms with Crippen LogP contribution in [-0.4, -0.2) is 21.1 Å². The Morgan fingerprint density at radius 1 is 0.920 bits per heavy atom. The number of nitrogens with one attached hydrogen (secondary N) is 3. The number of benzene rings is 2. The molecule has 3 N–H and O–H groups in total. The molecule has 0 atom stereocenters. The summed E-state index contributed by atoms with van der Waals surface area (Å²) in [5.41, 5.74) is 5.08. The summed E-state index contributed by atoms with van der Waals surface area (Å²) in [6, 6.07) is 21.2. The maximum absolute atomic E-state index is 12.4. The van der Waals surface area contributed by atoms with Crippen molar-refractivity contribution in [3.8, 4) is 22.4 Å². The maximum atomic E-state index is 12.4. The van der Waals surface area contributed by atoms with Gasteiger partial charge in [-0.15, -0.1) is 0 Å². The van der Waals surface area contributed by atoms with Gasteiger partial charge in [0, 0.05) is 23.0 Å². The Morgan fingerprint density at radius 3 is 2.40 bits per heavy atom. The fourth-order valence-electron chi connectivity index (χ4n) is 2.73. The molecule has 5 nitrogen and oxygen atoms in total. The first-order chi connectivity index (χ1) is 12.3. The van der Waals surface area contributed by atoms with Crippen LogP contribution in [0, 0.1) is 0 Å². The molecule has 0 unspecified atom stereocenters. The Hall–Kier alpha value is -3.60. The Kier molecular flexibility index (Phi) is 3.88. The van der Waals surface area contributed by atoms with E-state index >= 15 is 0 Å². The molecule has 0 saturated carbocycles. The van der Waals surface area contributed by atoms with Gasteiger partial charge in [0.25, 0.3) is 5.91 Å². The number of anilines is 1. The van der Waals surface area contributed by atoms with Crippen LogP contribution in [-0.2, 0) is 0 Å². The van der Waals surface area contributed by atoms with Crippen LogP contribution in [0.1, 0.15) is 10.5 Å². The fourth-order valence-corrected chi connectivity index (χ4v) is 2.73. The van der Waals surface area contributed by atoms with E-state index in [2.05, 4.69) is 20.5 Å². The Balaban J connectivity index is 1.60. The van der Waals surface area contributed by atoms with E-state index in [-0.39, 0.29) is 5.91 Å². The minimum Gasteiger partial charge on any atom is -0.357 e. The molecule has 0 aliphatic carbocycles. The van der Waals surface area contributed by atoms with Gasteiger partial charge in [-0.25, -0.2) is 0 Å². The highest BCUT2D eigenvalue weighted by Crippen LogP contribution is 2.30. The van der Waals surface area contributed by atoms with Gasteiger partial charge >= 0.3 is 0 Å². The van der Waals surface area contributed by atoms with Crippen LogP contribution in [0.3, 0.4) is 0 Å². The van der Waals surface area contributed by atoms with E-state index < -0.39 is 0 Å². The number of para-hydroxylation sites is 1. The first-order valence-corrected chi connectivity index (χ1v) is 7.95. The molecule has 2 aromatic heterocycles. The van der Waals surface area contributed by atoms with E-state index in [1.54, 1.807) is 12.4 Å². The summed E-state index contributed by atoms with van der Waals surface area (Å²) >= 11 is 0. The molecule has 1 amide bonds. The van der Waals surface area contributed by atoms with Gasteiger partial charge in [0.1, 0.15) is 5.69 Å². The van der Waals surface area contributed by atoms with Gasteiger partial charge in [0.15, 0.2) is 0 Å². The standard InChI is InChI=1S/C20H16N4O/c25-20(23-16-9-5-2-6-10-16)18-11-15(12-21-18)19-17(13-22-24-19)14-7-3-1-4-8-14/h1-13,21H,(H,22,24)(H,23,25). The van der Waals surface area contributed by atoms with Crippen molar-refractivity contribution in [3.05, 3.63) is 84.8 Å². The highest BCUT2D eigenvalue weighted by Gasteiger charge is 2.14. The average Bonchev–Trinajstić information content (AvgIpc) is 3.32. The van der Waals surface area contributed by atoms with Crippen LogP contribution in [0.4, 0.5) is 5.69 Å². The average molecular weight is 328 g/mol. The van der Waals surface area contributed by atoms with Crippen molar-refractivity contribution in [2.24, 2.45) is 0 Å². The van der Waals surface area contributed by atoms with E-state index in [1.165, 1.54) is 0 Å². The summed E-state index contributed by atoms with van der Waals surface area (Å²) in [4.78, 5) is 15.4. The molecule has 4 rings (SSSR count). The van der Waals surface area contributed by atoms with E-state index in [9.17, 15) is 4.79 Å². The second-order valence-electron chi connectivity index (χ2n) is 5.65. The molecule has 0 saturated heterocycles. The number of aromatic amines is 2. The van der Waals surface area contributed by atoms with Gasteiger partial charge in [0.05, 0.1) is 11.9 Å². The molecule has 5 heteroatoms. The number of hydrogen-bond acceptors (Lipinski definition) is 2. The molecule has 0 radical (unpaired) electrons. The molecule has 4 aromatic rings. The molecule has 25 heavy (non-hydrogen) atoms. The van der Waals surface area contributed by atoms with Crippen LogP contribution in [0.15, 0.2) is 79.1 Å².